The summed E-state index contributed by atoms with van der Waals surface area (Å²) in [6.07, 6.45) is 1.59. The Morgan fingerprint density at radius 1 is 1.50 bits per heavy atom. The minimum absolute atomic E-state index is 0.264. The molecule has 4 nitrogen and oxygen atoms in total. The number of thiophene rings is 1. The third-order valence-electron chi connectivity index (χ3n) is 1.89. The lowest BCUT2D eigenvalue weighted by Gasteiger charge is -1.94. The fourth-order valence-electron chi connectivity index (χ4n) is 1.13. The van der Waals surface area contributed by atoms with Gasteiger partial charge in [-0.1, -0.05) is 0 Å². The molecule has 0 unspecified atom stereocenters. The highest BCUT2D eigenvalue weighted by atomic mass is 32.1. The summed E-state index contributed by atoms with van der Waals surface area (Å²) in [7, 11) is 0. The number of nitrogens with one attached hydrogen (secondary N) is 1. The molecule has 0 aliphatic rings. The fourth-order valence-corrected chi connectivity index (χ4v) is 1.74. The van der Waals surface area contributed by atoms with E-state index in [4.69, 9.17) is 4.42 Å². The van der Waals surface area contributed by atoms with Gasteiger partial charge in [-0.25, -0.2) is 5.43 Å². The van der Waals surface area contributed by atoms with Crippen LogP contribution in [0.5, 0.6) is 0 Å². The first kappa shape index (κ1) is 10.6. The SMILES string of the molecule is Cc1ccc(C(=O)N/N=C/c2ccsc2)o1. The second kappa shape index (κ2) is 4.76. The number of rotatable bonds is 3. The van der Waals surface area contributed by atoms with Gasteiger partial charge in [0.1, 0.15) is 5.76 Å². The molecule has 2 aromatic heterocycles. The number of carbonyl (C=O) groups is 1. The van der Waals surface area contributed by atoms with Crippen molar-refractivity contribution in [1.82, 2.24) is 5.43 Å². The van der Waals surface area contributed by atoms with Crippen molar-refractivity contribution < 1.29 is 9.21 Å². The van der Waals surface area contributed by atoms with Crippen LogP contribution in [0.15, 0.2) is 38.5 Å². The van der Waals surface area contributed by atoms with Crippen molar-refractivity contribution in [1.29, 1.82) is 0 Å². The van der Waals surface area contributed by atoms with Crippen LogP contribution in [0.4, 0.5) is 0 Å². The lowest BCUT2D eigenvalue weighted by molar-refractivity contribution is 0.0926. The van der Waals surface area contributed by atoms with E-state index in [1.54, 1.807) is 36.6 Å². The van der Waals surface area contributed by atoms with Crippen LogP contribution in [0.3, 0.4) is 0 Å². The van der Waals surface area contributed by atoms with Gasteiger partial charge < -0.3 is 4.42 Å². The Morgan fingerprint density at radius 2 is 2.38 bits per heavy atom. The van der Waals surface area contributed by atoms with E-state index in [9.17, 15) is 4.79 Å². The summed E-state index contributed by atoms with van der Waals surface area (Å²) in [6, 6.07) is 5.26. The quantitative estimate of drug-likeness (QED) is 0.655. The van der Waals surface area contributed by atoms with Crippen LogP contribution in [0.25, 0.3) is 0 Å². The summed E-state index contributed by atoms with van der Waals surface area (Å²) in [5.74, 6) is 0.617. The van der Waals surface area contributed by atoms with Crippen molar-refractivity contribution in [3.63, 3.8) is 0 Å². The van der Waals surface area contributed by atoms with Crippen molar-refractivity contribution in [2.45, 2.75) is 6.92 Å². The Hall–Kier alpha value is -1.88. The molecule has 0 aromatic carbocycles. The van der Waals surface area contributed by atoms with Gasteiger partial charge >= 0.3 is 5.91 Å². The Morgan fingerprint density at radius 3 is 3.00 bits per heavy atom. The molecule has 16 heavy (non-hydrogen) atoms. The average molecular weight is 234 g/mol. The van der Waals surface area contributed by atoms with Crippen molar-refractivity contribution in [2.75, 3.05) is 0 Å². The molecule has 0 aliphatic carbocycles. The third kappa shape index (κ3) is 2.58. The lowest BCUT2D eigenvalue weighted by atomic mass is 10.4. The molecule has 0 bridgehead atoms. The molecule has 0 radical (unpaired) electrons. The summed E-state index contributed by atoms with van der Waals surface area (Å²) < 4.78 is 5.15. The molecule has 2 heterocycles. The highest BCUT2D eigenvalue weighted by Crippen LogP contribution is 2.06. The Balaban J connectivity index is 1.94. The van der Waals surface area contributed by atoms with Gasteiger partial charge in [0, 0.05) is 5.56 Å². The molecule has 0 saturated heterocycles. The maximum Gasteiger partial charge on any atom is 0.307 e. The van der Waals surface area contributed by atoms with Crippen LogP contribution in [-0.2, 0) is 0 Å². The molecule has 0 aliphatic heterocycles. The molecule has 5 heteroatoms. The first-order valence-corrected chi connectivity index (χ1v) is 5.62. The maximum atomic E-state index is 11.5. The van der Waals surface area contributed by atoms with E-state index < -0.39 is 0 Å². The standard InChI is InChI=1S/C11H10N2O2S/c1-8-2-3-10(15-8)11(14)13-12-6-9-4-5-16-7-9/h2-7H,1H3,(H,13,14)/b12-6+. The average Bonchev–Trinajstić information content (AvgIpc) is 2.89. The van der Waals surface area contributed by atoms with E-state index in [0.717, 1.165) is 5.56 Å². The molecule has 82 valence electrons. The van der Waals surface area contributed by atoms with E-state index in [0.29, 0.717) is 5.76 Å². The summed E-state index contributed by atoms with van der Waals surface area (Å²) in [6.45, 7) is 1.78. The molecule has 1 amide bonds. The normalized spacial score (nSPS) is 10.8. The predicted octanol–water partition coefficient (Wildman–Crippen LogP) is 2.41. The number of hydrogen-bond donors (Lipinski definition) is 1. The van der Waals surface area contributed by atoms with Gasteiger partial charge in [0.2, 0.25) is 0 Å². The van der Waals surface area contributed by atoms with Gasteiger partial charge in [0.05, 0.1) is 6.21 Å². The molecule has 2 aromatic rings. The molecular weight excluding hydrogens is 224 g/mol. The van der Waals surface area contributed by atoms with Gasteiger partial charge in [-0.15, -0.1) is 0 Å². The predicted molar refractivity (Wildman–Crippen MR) is 62.8 cm³/mol. The highest BCUT2D eigenvalue weighted by Gasteiger charge is 2.07. The molecule has 2 rings (SSSR count). The van der Waals surface area contributed by atoms with Crippen LogP contribution in [0.2, 0.25) is 0 Å². The topological polar surface area (TPSA) is 54.6 Å². The fraction of sp³-hybridized carbons (Fsp3) is 0.0909. The first-order chi connectivity index (χ1) is 7.75. The van der Waals surface area contributed by atoms with Crippen molar-refractivity contribution in [2.24, 2.45) is 5.10 Å². The monoisotopic (exact) mass is 234 g/mol. The highest BCUT2D eigenvalue weighted by molar-refractivity contribution is 7.08. The number of hydrogen-bond acceptors (Lipinski definition) is 4. The Labute approximate surface area is 96.6 Å². The van der Waals surface area contributed by atoms with E-state index in [2.05, 4.69) is 10.5 Å². The molecule has 0 spiro atoms. The molecule has 0 saturated carbocycles. The number of hydrazone groups is 1. The van der Waals surface area contributed by atoms with Crippen LogP contribution in [0, 0.1) is 6.92 Å². The summed E-state index contributed by atoms with van der Waals surface area (Å²) in [4.78, 5) is 11.5. The first-order valence-electron chi connectivity index (χ1n) is 4.68. The van der Waals surface area contributed by atoms with Gasteiger partial charge in [-0.3, -0.25) is 4.79 Å². The van der Waals surface area contributed by atoms with E-state index in [-0.39, 0.29) is 11.7 Å². The van der Waals surface area contributed by atoms with E-state index in [1.807, 2.05) is 16.8 Å². The number of carbonyl (C=O) groups excluding carboxylic acids is 1. The Bertz CT molecular complexity index is 500. The number of aryl methyl sites for hydroxylation is 1. The molecular formula is C11H10N2O2S. The summed E-state index contributed by atoms with van der Waals surface area (Å²) >= 11 is 1.58. The maximum absolute atomic E-state index is 11.5. The van der Waals surface area contributed by atoms with E-state index >= 15 is 0 Å². The van der Waals surface area contributed by atoms with Crippen molar-refractivity contribution in [3.8, 4) is 0 Å². The Kier molecular flexibility index (Phi) is 3.16. The number of amides is 1. The zero-order valence-electron chi connectivity index (χ0n) is 8.64. The zero-order valence-corrected chi connectivity index (χ0v) is 9.45. The largest absolute Gasteiger partial charge is 0.456 e. The van der Waals surface area contributed by atoms with Crippen molar-refractivity contribution >= 4 is 23.5 Å². The molecule has 0 atom stereocenters. The van der Waals surface area contributed by atoms with Crippen LogP contribution < -0.4 is 5.43 Å². The number of furan rings is 1. The van der Waals surface area contributed by atoms with Crippen molar-refractivity contribution in [3.05, 3.63) is 46.0 Å². The van der Waals surface area contributed by atoms with Crippen LogP contribution >= 0.6 is 11.3 Å². The summed E-state index contributed by atoms with van der Waals surface area (Å²) in [5.41, 5.74) is 3.35. The lowest BCUT2D eigenvalue weighted by Crippen LogP contribution is -2.16. The van der Waals surface area contributed by atoms with Crippen LogP contribution in [0.1, 0.15) is 21.9 Å². The van der Waals surface area contributed by atoms with E-state index in [1.165, 1.54) is 0 Å². The smallest absolute Gasteiger partial charge is 0.307 e. The minimum Gasteiger partial charge on any atom is -0.456 e. The second-order valence-corrected chi connectivity index (χ2v) is 3.95. The number of nitrogens with zero attached hydrogens (tertiary/aromatic N) is 1. The molecule has 0 fully saturated rings. The van der Waals surface area contributed by atoms with Crippen LogP contribution in [-0.4, -0.2) is 12.1 Å². The minimum atomic E-state index is -0.348. The zero-order chi connectivity index (χ0) is 11.4. The van der Waals surface area contributed by atoms with Gasteiger partial charge in [0.15, 0.2) is 5.76 Å². The second-order valence-electron chi connectivity index (χ2n) is 3.17. The third-order valence-corrected chi connectivity index (χ3v) is 2.59. The molecule has 1 N–H and O–H groups in total. The summed E-state index contributed by atoms with van der Waals surface area (Å²) in [5, 5.41) is 7.70. The van der Waals surface area contributed by atoms with Gasteiger partial charge in [-0.05, 0) is 35.9 Å². The van der Waals surface area contributed by atoms with Gasteiger partial charge in [-0.2, -0.15) is 16.4 Å². The van der Waals surface area contributed by atoms with Gasteiger partial charge in [0.25, 0.3) is 0 Å².